The molecule has 1 aromatic heterocycles. The molecule has 1 N–H and O–H groups in total. The normalized spacial score (nSPS) is 14.3. The molecule has 0 amide bonds. The van der Waals surface area contributed by atoms with Crippen LogP contribution in [0.15, 0.2) is 53.5 Å². The fourth-order valence-electron chi connectivity index (χ4n) is 3.86. The molecule has 0 bridgehead atoms. The number of hydrogen-bond donors (Lipinski definition) is 1. The number of carboxylic acid groups (broad SMARTS) is 1. The number of nitrogens with zero attached hydrogens (tertiary/aromatic N) is 1. The molecule has 1 aliphatic rings. The van der Waals surface area contributed by atoms with Gasteiger partial charge in [-0.05, 0) is 25.5 Å². The van der Waals surface area contributed by atoms with Crippen molar-refractivity contribution in [1.82, 2.24) is 4.57 Å². The van der Waals surface area contributed by atoms with Gasteiger partial charge in [-0.3, -0.25) is 4.79 Å². The molecule has 1 atom stereocenters. The van der Waals surface area contributed by atoms with Crippen molar-refractivity contribution >= 4 is 5.97 Å². The summed E-state index contributed by atoms with van der Waals surface area (Å²) in [6.07, 6.45) is 1.50. The summed E-state index contributed by atoms with van der Waals surface area (Å²) >= 11 is 0. The van der Waals surface area contributed by atoms with Crippen molar-refractivity contribution in [3.8, 4) is 22.8 Å². The summed E-state index contributed by atoms with van der Waals surface area (Å²) in [5.41, 5.74) is 3.25. The largest absolute Gasteiger partial charge is 0.493 e. The highest BCUT2D eigenvalue weighted by atomic mass is 16.5. The molecule has 0 aliphatic carbocycles. The maximum absolute atomic E-state index is 12.5. The van der Waals surface area contributed by atoms with E-state index in [1.54, 1.807) is 11.7 Å². The number of pyridine rings is 1. The van der Waals surface area contributed by atoms with Crippen molar-refractivity contribution in [3.05, 3.63) is 81.1 Å². The highest BCUT2D eigenvalue weighted by Crippen LogP contribution is 2.43. The molecule has 4 rings (SSSR count). The quantitative estimate of drug-likeness (QED) is 0.560. The van der Waals surface area contributed by atoms with Gasteiger partial charge in [0, 0.05) is 49.6 Å². The van der Waals surface area contributed by atoms with Gasteiger partial charge in [0.15, 0.2) is 5.43 Å². The number of hydrogen-bond acceptors (Lipinski definition) is 5. The van der Waals surface area contributed by atoms with E-state index in [4.69, 9.17) is 14.2 Å². The number of carboxylic acids is 1. The predicted molar refractivity (Wildman–Crippen MR) is 120 cm³/mol. The molecule has 0 saturated heterocycles. The fraction of sp³-hybridized carbons (Fsp3) is 0.280. The van der Waals surface area contributed by atoms with Crippen molar-refractivity contribution < 1.29 is 24.1 Å². The summed E-state index contributed by atoms with van der Waals surface area (Å²) in [6, 6.07) is 12.9. The summed E-state index contributed by atoms with van der Waals surface area (Å²) in [5, 5.41) is 9.48. The first-order chi connectivity index (χ1) is 15.4. The van der Waals surface area contributed by atoms with Crippen LogP contribution < -0.4 is 14.9 Å². The van der Waals surface area contributed by atoms with E-state index in [0.29, 0.717) is 36.0 Å². The molecular formula is C25H25NO6. The molecule has 0 spiro atoms. The monoisotopic (exact) mass is 435 g/mol. The molecule has 166 valence electrons. The number of rotatable bonds is 7. The first-order valence-electron chi connectivity index (χ1n) is 10.4. The van der Waals surface area contributed by atoms with E-state index < -0.39 is 17.6 Å². The van der Waals surface area contributed by atoms with Crippen LogP contribution >= 0.6 is 0 Å². The van der Waals surface area contributed by atoms with Crippen LogP contribution in [0.3, 0.4) is 0 Å². The van der Waals surface area contributed by atoms with Crippen molar-refractivity contribution in [2.45, 2.75) is 26.5 Å². The zero-order valence-electron chi connectivity index (χ0n) is 18.3. The van der Waals surface area contributed by atoms with Gasteiger partial charge < -0.3 is 23.9 Å². The molecule has 0 fully saturated rings. The lowest BCUT2D eigenvalue weighted by Crippen LogP contribution is -2.27. The number of carbonyl (C=O) groups is 1. The molecule has 1 unspecified atom stereocenters. The third-order valence-corrected chi connectivity index (χ3v) is 5.43. The third kappa shape index (κ3) is 4.11. The lowest BCUT2D eigenvalue weighted by Gasteiger charge is -2.32. The Morgan fingerprint density at radius 3 is 2.69 bits per heavy atom. The minimum Gasteiger partial charge on any atom is -0.493 e. The van der Waals surface area contributed by atoms with Gasteiger partial charge in [0.05, 0.1) is 12.3 Å². The smallest absolute Gasteiger partial charge is 0.341 e. The minimum atomic E-state index is -1.27. The van der Waals surface area contributed by atoms with E-state index in [2.05, 4.69) is 0 Å². The second-order valence-electron chi connectivity index (χ2n) is 7.84. The van der Waals surface area contributed by atoms with E-state index in [0.717, 1.165) is 23.1 Å². The number of ether oxygens (including phenoxy) is 3. The molecule has 2 aromatic carbocycles. The zero-order valence-corrected chi connectivity index (χ0v) is 18.3. The molecule has 0 saturated carbocycles. The fourth-order valence-corrected chi connectivity index (χ4v) is 3.86. The van der Waals surface area contributed by atoms with Crippen LogP contribution in [0.1, 0.15) is 39.7 Å². The number of aromatic nitrogens is 1. The molecule has 0 radical (unpaired) electrons. The predicted octanol–water partition coefficient (Wildman–Crippen LogP) is 4.18. The number of methoxy groups -OCH3 is 1. The van der Waals surface area contributed by atoms with E-state index in [9.17, 15) is 14.7 Å². The molecular weight excluding hydrogens is 410 g/mol. The zero-order chi connectivity index (χ0) is 22.8. The van der Waals surface area contributed by atoms with Gasteiger partial charge in [-0.1, -0.05) is 29.8 Å². The Morgan fingerprint density at radius 1 is 1.16 bits per heavy atom. The Morgan fingerprint density at radius 2 is 1.97 bits per heavy atom. The molecule has 7 nitrogen and oxygen atoms in total. The number of aryl methyl sites for hydroxylation is 2. The standard InChI is InChI=1S/C25H25NO6/c1-15-6-4-7-17(10-15)24-26-14-19(25(28)29)21(27)12-20(26)18-11-16(2)22(13-23(18)32-24)31-9-5-8-30-3/h4,6-7,10-14,24H,5,8-9H2,1-3H3,(H,28,29). The summed E-state index contributed by atoms with van der Waals surface area (Å²) in [7, 11) is 1.65. The van der Waals surface area contributed by atoms with Crippen molar-refractivity contribution in [2.24, 2.45) is 0 Å². The van der Waals surface area contributed by atoms with Gasteiger partial charge in [0.25, 0.3) is 0 Å². The highest BCUT2D eigenvalue weighted by molar-refractivity contribution is 5.88. The van der Waals surface area contributed by atoms with Crippen LogP contribution in [-0.2, 0) is 4.74 Å². The SMILES string of the molecule is COCCCOc1cc2c(cc1C)-c1cc(=O)c(C(=O)O)cn1C(c1cccc(C)c1)O2. The van der Waals surface area contributed by atoms with Crippen molar-refractivity contribution in [2.75, 3.05) is 20.3 Å². The average molecular weight is 435 g/mol. The van der Waals surface area contributed by atoms with Crippen molar-refractivity contribution in [1.29, 1.82) is 0 Å². The van der Waals surface area contributed by atoms with E-state index in [-0.39, 0.29) is 5.56 Å². The molecule has 32 heavy (non-hydrogen) atoms. The summed E-state index contributed by atoms with van der Waals surface area (Å²) in [4.78, 5) is 24.1. The minimum absolute atomic E-state index is 0.298. The van der Waals surface area contributed by atoms with Gasteiger partial charge in [-0.15, -0.1) is 0 Å². The maximum atomic E-state index is 12.5. The van der Waals surface area contributed by atoms with Gasteiger partial charge in [0.1, 0.15) is 17.1 Å². The van der Waals surface area contributed by atoms with Crippen LogP contribution in [-0.4, -0.2) is 36.0 Å². The van der Waals surface area contributed by atoms with Gasteiger partial charge in [-0.25, -0.2) is 4.79 Å². The second kappa shape index (κ2) is 8.88. The molecule has 1 aliphatic heterocycles. The topological polar surface area (TPSA) is 87.0 Å². The molecule has 2 heterocycles. The Balaban J connectivity index is 1.84. The van der Waals surface area contributed by atoms with Crippen LogP contribution in [0.2, 0.25) is 0 Å². The van der Waals surface area contributed by atoms with Crippen molar-refractivity contribution in [3.63, 3.8) is 0 Å². The molecule has 7 heteroatoms. The van der Waals surface area contributed by atoms with E-state index in [1.165, 1.54) is 12.3 Å². The van der Waals surface area contributed by atoms with Gasteiger partial charge >= 0.3 is 5.97 Å². The van der Waals surface area contributed by atoms with Gasteiger partial charge in [-0.2, -0.15) is 0 Å². The number of fused-ring (bicyclic) bond motifs is 3. The number of benzene rings is 2. The van der Waals surface area contributed by atoms with Crippen LogP contribution in [0.4, 0.5) is 0 Å². The first kappa shape index (κ1) is 21.6. The van der Waals surface area contributed by atoms with Crippen LogP contribution in [0, 0.1) is 13.8 Å². The third-order valence-electron chi connectivity index (χ3n) is 5.43. The maximum Gasteiger partial charge on any atom is 0.341 e. The second-order valence-corrected chi connectivity index (χ2v) is 7.84. The van der Waals surface area contributed by atoms with Crippen LogP contribution in [0.5, 0.6) is 11.5 Å². The van der Waals surface area contributed by atoms with Crippen LogP contribution in [0.25, 0.3) is 11.3 Å². The first-order valence-corrected chi connectivity index (χ1v) is 10.4. The summed E-state index contributed by atoms with van der Waals surface area (Å²) in [6.45, 7) is 5.02. The Kier molecular flexibility index (Phi) is 6.01. The summed E-state index contributed by atoms with van der Waals surface area (Å²) < 4.78 is 19.1. The Hall–Kier alpha value is -3.58. The Labute approximate surface area is 185 Å². The van der Waals surface area contributed by atoms with E-state index >= 15 is 0 Å². The lowest BCUT2D eigenvalue weighted by molar-refractivity contribution is 0.0693. The number of aromatic carboxylic acids is 1. The lowest BCUT2D eigenvalue weighted by atomic mass is 10.0. The van der Waals surface area contributed by atoms with E-state index in [1.807, 2.05) is 50.2 Å². The molecule has 3 aromatic rings. The average Bonchev–Trinajstić information content (AvgIpc) is 2.76. The Bertz CT molecular complexity index is 1230. The summed E-state index contributed by atoms with van der Waals surface area (Å²) in [5.74, 6) is 0.00203. The highest BCUT2D eigenvalue weighted by Gasteiger charge is 2.29. The van der Waals surface area contributed by atoms with Gasteiger partial charge in [0.2, 0.25) is 6.23 Å².